The summed E-state index contributed by atoms with van der Waals surface area (Å²) in [5, 5.41) is 13.4. The summed E-state index contributed by atoms with van der Waals surface area (Å²) < 4.78 is 5.16. The third-order valence-electron chi connectivity index (χ3n) is 4.00. The van der Waals surface area contributed by atoms with Crippen LogP contribution in [0.5, 0.6) is 11.5 Å². The fourth-order valence-electron chi connectivity index (χ4n) is 2.60. The van der Waals surface area contributed by atoms with E-state index >= 15 is 0 Å². The second kappa shape index (κ2) is 7.39. The number of hydrogen-bond acceptors (Lipinski definition) is 3. The summed E-state index contributed by atoms with van der Waals surface area (Å²) in [4.78, 5) is 12.5. The Morgan fingerprint density at radius 2 is 1.62 bits per heavy atom. The van der Waals surface area contributed by atoms with E-state index in [1.54, 1.807) is 31.4 Å². The van der Waals surface area contributed by atoms with Crippen LogP contribution in [0.1, 0.15) is 61.0 Å². The molecule has 0 aliphatic rings. The minimum Gasteiger partial charge on any atom is -0.507 e. The Kier molecular flexibility index (Phi) is 5.50. The second-order valence-corrected chi connectivity index (χ2v) is 6.50. The first-order valence-corrected chi connectivity index (χ1v) is 8.15. The summed E-state index contributed by atoms with van der Waals surface area (Å²) in [5.74, 6) is 1.08. The normalized spacial score (nSPS) is 11.0. The molecule has 2 rings (SSSR count). The molecule has 0 saturated carbocycles. The average Bonchev–Trinajstić information content (AvgIpc) is 2.55. The van der Waals surface area contributed by atoms with E-state index < -0.39 is 0 Å². The Bertz CT molecular complexity index is 706. The van der Waals surface area contributed by atoms with Crippen LogP contribution in [0.3, 0.4) is 0 Å². The van der Waals surface area contributed by atoms with Gasteiger partial charge in [-0.05, 0) is 53.3 Å². The van der Waals surface area contributed by atoms with Gasteiger partial charge < -0.3 is 15.2 Å². The number of carbonyl (C=O) groups is 1. The first-order valence-electron chi connectivity index (χ1n) is 8.15. The van der Waals surface area contributed by atoms with E-state index in [9.17, 15) is 9.90 Å². The van der Waals surface area contributed by atoms with E-state index in [0.717, 1.165) is 11.1 Å². The Labute approximate surface area is 143 Å². The number of phenolic OH excluding ortho intramolecular Hbond substituents is 1. The number of benzene rings is 2. The molecule has 4 nitrogen and oxygen atoms in total. The molecule has 2 N–H and O–H groups in total. The molecule has 0 heterocycles. The lowest BCUT2D eigenvalue weighted by Crippen LogP contribution is -2.13. The lowest BCUT2D eigenvalue weighted by Gasteiger charge is -2.18. The number of anilines is 1. The van der Waals surface area contributed by atoms with Gasteiger partial charge in [0.15, 0.2) is 0 Å². The molecule has 4 heteroatoms. The molecule has 0 bridgehead atoms. The van der Waals surface area contributed by atoms with Crippen LogP contribution in [0.25, 0.3) is 0 Å². The second-order valence-electron chi connectivity index (χ2n) is 6.50. The van der Waals surface area contributed by atoms with Gasteiger partial charge in [0.25, 0.3) is 5.91 Å². The highest BCUT2D eigenvalue weighted by atomic mass is 16.5. The van der Waals surface area contributed by atoms with Crippen LogP contribution in [0, 0.1) is 0 Å². The lowest BCUT2D eigenvalue weighted by atomic mass is 9.93. The molecule has 0 radical (unpaired) electrons. The third kappa shape index (κ3) is 3.88. The van der Waals surface area contributed by atoms with Gasteiger partial charge in [0, 0.05) is 11.3 Å². The van der Waals surface area contributed by atoms with Crippen LogP contribution in [0.15, 0.2) is 36.4 Å². The summed E-state index contributed by atoms with van der Waals surface area (Å²) in [6, 6.07) is 10.7. The van der Waals surface area contributed by atoms with Crippen molar-refractivity contribution in [2.75, 3.05) is 12.4 Å². The predicted molar refractivity (Wildman–Crippen MR) is 97.2 cm³/mol. The number of nitrogens with one attached hydrogen (secondary N) is 1. The van der Waals surface area contributed by atoms with Gasteiger partial charge in [-0.3, -0.25) is 4.79 Å². The molecular formula is C20H25NO3. The van der Waals surface area contributed by atoms with Crippen molar-refractivity contribution in [3.05, 3.63) is 53.1 Å². The van der Waals surface area contributed by atoms with Crippen LogP contribution in [-0.4, -0.2) is 18.1 Å². The monoisotopic (exact) mass is 327 g/mol. The summed E-state index contributed by atoms with van der Waals surface area (Å²) in [6.07, 6.45) is 0. The highest BCUT2D eigenvalue weighted by Crippen LogP contribution is 2.36. The molecule has 0 aliphatic carbocycles. The zero-order valence-electron chi connectivity index (χ0n) is 14.9. The molecule has 0 aliphatic heterocycles. The van der Waals surface area contributed by atoms with Crippen molar-refractivity contribution in [1.82, 2.24) is 0 Å². The number of aromatic hydroxyl groups is 1. The van der Waals surface area contributed by atoms with Gasteiger partial charge in [-0.25, -0.2) is 0 Å². The highest BCUT2D eigenvalue weighted by Gasteiger charge is 2.16. The van der Waals surface area contributed by atoms with Crippen LogP contribution >= 0.6 is 0 Å². The Balaban J connectivity index is 2.36. The molecule has 1 amide bonds. The van der Waals surface area contributed by atoms with Gasteiger partial charge in [-0.15, -0.1) is 0 Å². The Morgan fingerprint density at radius 3 is 2.12 bits per heavy atom. The average molecular weight is 327 g/mol. The van der Waals surface area contributed by atoms with Gasteiger partial charge in [0.2, 0.25) is 0 Å². The molecule has 2 aromatic rings. The Morgan fingerprint density at radius 1 is 1.04 bits per heavy atom. The topological polar surface area (TPSA) is 58.6 Å². The van der Waals surface area contributed by atoms with E-state index in [1.165, 1.54) is 0 Å². The number of carbonyl (C=O) groups excluding carboxylic acids is 1. The fourth-order valence-corrected chi connectivity index (χ4v) is 2.60. The number of methoxy groups -OCH3 is 1. The summed E-state index contributed by atoms with van der Waals surface area (Å²) in [7, 11) is 1.57. The first-order chi connectivity index (χ1) is 11.3. The predicted octanol–water partition coefficient (Wildman–Crippen LogP) is 4.90. The van der Waals surface area contributed by atoms with Gasteiger partial charge >= 0.3 is 0 Å². The zero-order chi connectivity index (χ0) is 17.9. The van der Waals surface area contributed by atoms with Crippen molar-refractivity contribution < 1.29 is 14.6 Å². The molecule has 128 valence electrons. The van der Waals surface area contributed by atoms with Crippen molar-refractivity contribution >= 4 is 11.6 Å². The zero-order valence-corrected chi connectivity index (χ0v) is 14.9. The first kappa shape index (κ1) is 17.9. The van der Waals surface area contributed by atoms with Crippen molar-refractivity contribution in [3.8, 4) is 11.5 Å². The van der Waals surface area contributed by atoms with Crippen LogP contribution < -0.4 is 10.1 Å². The van der Waals surface area contributed by atoms with Crippen molar-refractivity contribution in [1.29, 1.82) is 0 Å². The number of amides is 1. The summed E-state index contributed by atoms with van der Waals surface area (Å²) >= 11 is 0. The quantitative estimate of drug-likeness (QED) is 0.768. The molecule has 0 spiro atoms. The lowest BCUT2D eigenvalue weighted by molar-refractivity contribution is 0.102. The smallest absolute Gasteiger partial charge is 0.255 e. The molecule has 2 aromatic carbocycles. The van der Waals surface area contributed by atoms with Crippen molar-refractivity contribution in [3.63, 3.8) is 0 Å². The minimum absolute atomic E-state index is 0.163. The van der Waals surface area contributed by atoms with Crippen molar-refractivity contribution in [2.45, 2.75) is 39.5 Å². The van der Waals surface area contributed by atoms with E-state index in [4.69, 9.17) is 4.74 Å². The van der Waals surface area contributed by atoms with Crippen molar-refractivity contribution in [2.24, 2.45) is 0 Å². The molecule has 0 atom stereocenters. The summed E-state index contributed by atoms with van der Waals surface area (Å²) in [6.45, 7) is 8.08. The molecule has 0 fully saturated rings. The van der Waals surface area contributed by atoms with E-state index in [2.05, 4.69) is 5.32 Å². The number of ether oxygens (including phenoxy) is 1. The SMILES string of the molecule is COc1cccc(C(=O)Nc2cc(C(C)C)c(O)c(C(C)C)c2)c1. The summed E-state index contributed by atoms with van der Waals surface area (Å²) in [5.41, 5.74) is 2.89. The Hall–Kier alpha value is -2.49. The standard InChI is InChI=1S/C20H25NO3/c1-12(2)17-10-15(11-18(13(3)4)19(17)22)21-20(23)14-7-6-8-16(9-14)24-5/h6-13,22H,1-5H3,(H,21,23). The maximum atomic E-state index is 12.5. The van der Waals surface area contributed by atoms with Crippen LogP contribution in [-0.2, 0) is 0 Å². The minimum atomic E-state index is -0.205. The van der Waals surface area contributed by atoms with E-state index in [1.807, 2.05) is 39.8 Å². The highest BCUT2D eigenvalue weighted by molar-refractivity contribution is 6.04. The maximum absolute atomic E-state index is 12.5. The molecular weight excluding hydrogens is 302 g/mol. The number of hydrogen-bond donors (Lipinski definition) is 2. The van der Waals surface area contributed by atoms with E-state index in [0.29, 0.717) is 22.7 Å². The van der Waals surface area contributed by atoms with E-state index in [-0.39, 0.29) is 17.7 Å². The van der Waals surface area contributed by atoms with Gasteiger partial charge in [0.05, 0.1) is 7.11 Å². The van der Waals surface area contributed by atoms with Crippen LogP contribution in [0.2, 0.25) is 0 Å². The maximum Gasteiger partial charge on any atom is 0.255 e. The van der Waals surface area contributed by atoms with Gasteiger partial charge in [-0.1, -0.05) is 33.8 Å². The number of rotatable bonds is 5. The van der Waals surface area contributed by atoms with Gasteiger partial charge in [-0.2, -0.15) is 0 Å². The fraction of sp³-hybridized carbons (Fsp3) is 0.350. The largest absolute Gasteiger partial charge is 0.507 e. The molecule has 0 saturated heterocycles. The molecule has 0 unspecified atom stereocenters. The number of phenols is 1. The molecule has 24 heavy (non-hydrogen) atoms. The van der Waals surface area contributed by atoms with Crippen LogP contribution in [0.4, 0.5) is 5.69 Å². The van der Waals surface area contributed by atoms with Gasteiger partial charge in [0.1, 0.15) is 11.5 Å². The third-order valence-corrected chi connectivity index (χ3v) is 4.00. The molecule has 0 aromatic heterocycles.